The van der Waals surface area contributed by atoms with E-state index in [2.05, 4.69) is 27.7 Å². The van der Waals surface area contributed by atoms with Gasteiger partial charge >= 0.3 is 6.03 Å². The van der Waals surface area contributed by atoms with Crippen LogP contribution in [0.5, 0.6) is 0 Å². The molecule has 1 aliphatic rings. The number of β-amino-alcohol motifs (C(OH)–C–C–N with tert-alkyl or cyclic N) is 1. The predicted octanol–water partition coefficient (Wildman–Crippen LogP) is 3.31. The first-order chi connectivity index (χ1) is 14.6. The van der Waals surface area contributed by atoms with Gasteiger partial charge in [-0.15, -0.1) is 0 Å². The summed E-state index contributed by atoms with van der Waals surface area (Å²) in [6, 6.07) is 21.1. The molecular weight excluding hydrogens is 378 g/mol. The number of aliphatic hydroxyl groups is 1. The van der Waals surface area contributed by atoms with E-state index in [9.17, 15) is 9.90 Å². The Labute approximate surface area is 176 Å². The van der Waals surface area contributed by atoms with Crippen LogP contribution in [0.4, 0.5) is 4.79 Å². The number of urea groups is 1. The lowest BCUT2D eigenvalue weighted by Crippen LogP contribution is -2.48. The third-order valence-electron chi connectivity index (χ3n) is 5.52. The molecule has 30 heavy (non-hydrogen) atoms. The topological polar surface area (TPSA) is 77.7 Å². The maximum absolute atomic E-state index is 12.6. The van der Waals surface area contributed by atoms with Gasteiger partial charge < -0.3 is 20.2 Å². The molecule has 0 bridgehead atoms. The molecule has 0 spiro atoms. The molecule has 3 N–H and O–H groups in total. The third-order valence-corrected chi connectivity index (χ3v) is 5.52. The predicted molar refractivity (Wildman–Crippen MR) is 115 cm³/mol. The molecule has 2 unspecified atom stereocenters. The first-order valence-electron chi connectivity index (χ1n) is 10.2. The van der Waals surface area contributed by atoms with Gasteiger partial charge in [-0.1, -0.05) is 60.7 Å². The zero-order valence-corrected chi connectivity index (χ0v) is 16.8. The fourth-order valence-electron chi connectivity index (χ4n) is 3.93. The quantitative estimate of drug-likeness (QED) is 0.564. The highest BCUT2D eigenvalue weighted by Crippen LogP contribution is 2.24. The van der Waals surface area contributed by atoms with Crippen LogP contribution in [0.3, 0.4) is 0 Å². The second kappa shape index (κ2) is 9.15. The first kappa shape index (κ1) is 20.2. The lowest BCUT2D eigenvalue weighted by atomic mass is 10.0. The Balaban J connectivity index is 1.32. The van der Waals surface area contributed by atoms with Crippen LogP contribution >= 0.6 is 0 Å². The summed E-state index contributed by atoms with van der Waals surface area (Å²) in [5.41, 5.74) is 2.12. The molecule has 0 aliphatic carbocycles. The minimum absolute atomic E-state index is 0.205. The molecule has 1 fully saturated rings. The van der Waals surface area contributed by atoms with Crippen molar-refractivity contribution in [1.29, 1.82) is 0 Å². The summed E-state index contributed by atoms with van der Waals surface area (Å²) in [5.74, 6) is 0. The molecule has 0 saturated carbocycles. The van der Waals surface area contributed by atoms with E-state index >= 15 is 0 Å². The molecule has 0 radical (unpaired) electrons. The van der Waals surface area contributed by atoms with Crippen molar-refractivity contribution in [2.24, 2.45) is 0 Å². The summed E-state index contributed by atoms with van der Waals surface area (Å²) in [6.07, 6.45) is 3.85. The molecule has 1 aliphatic heterocycles. The van der Waals surface area contributed by atoms with E-state index in [1.54, 1.807) is 12.5 Å². The van der Waals surface area contributed by atoms with Gasteiger partial charge in [-0.2, -0.15) is 0 Å². The third kappa shape index (κ3) is 5.09. The molecule has 2 atom stereocenters. The van der Waals surface area contributed by atoms with Gasteiger partial charge in [-0.05, 0) is 23.6 Å². The number of likely N-dealkylation sites (tertiary alicyclic amines) is 1. The van der Waals surface area contributed by atoms with E-state index in [0.29, 0.717) is 13.0 Å². The van der Waals surface area contributed by atoms with Crippen molar-refractivity contribution in [1.82, 2.24) is 15.5 Å². The summed E-state index contributed by atoms with van der Waals surface area (Å²) >= 11 is 0. The highest BCUT2D eigenvalue weighted by Gasteiger charge is 2.36. The minimum atomic E-state index is -0.927. The van der Waals surface area contributed by atoms with Gasteiger partial charge in [0.05, 0.1) is 24.2 Å². The summed E-state index contributed by atoms with van der Waals surface area (Å²) in [4.78, 5) is 14.8. The molecule has 2 heterocycles. The molecule has 2 aromatic carbocycles. The Morgan fingerprint density at radius 1 is 1.07 bits per heavy atom. The van der Waals surface area contributed by atoms with E-state index in [1.807, 2.05) is 54.6 Å². The van der Waals surface area contributed by atoms with E-state index in [1.165, 1.54) is 5.56 Å². The van der Waals surface area contributed by atoms with Gasteiger partial charge in [0, 0.05) is 31.7 Å². The fraction of sp³-hybridized carbons (Fsp3) is 0.292. The summed E-state index contributed by atoms with van der Waals surface area (Å²) in [5, 5.41) is 16.8. The minimum Gasteiger partial charge on any atom is -0.472 e. The van der Waals surface area contributed by atoms with Gasteiger partial charge in [0.2, 0.25) is 0 Å². The van der Waals surface area contributed by atoms with Crippen LogP contribution in [0.25, 0.3) is 0 Å². The SMILES string of the molecule is O=C(NCC1(O)CCN(Cc2ccccc2)C1)NC(c1ccccc1)c1ccoc1. The lowest BCUT2D eigenvalue weighted by molar-refractivity contribution is 0.0506. The van der Waals surface area contributed by atoms with Crippen molar-refractivity contribution < 1.29 is 14.3 Å². The van der Waals surface area contributed by atoms with Crippen molar-refractivity contribution in [3.8, 4) is 0 Å². The van der Waals surface area contributed by atoms with Gasteiger partial charge in [0.25, 0.3) is 0 Å². The van der Waals surface area contributed by atoms with Crippen LogP contribution in [0.15, 0.2) is 83.7 Å². The Morgan fingerprint density at radius 3 is 2.50 bits per heavy atom. The highest BCUT2D eigenvalue weighted by molar-refractivity contribution is 5.75. The normalized spacial score (nSPS) is 20.0. The maximum atomic E-state index is 12.6. The second-order valence-electron chi connectivity index (χ2n) is 7.90. The average Bonchev–Trinajstić information content (AvgIpc) is 3.43. The zero-order chi connectivity index (χ0) is 20.8. The number of hydrogen-bond acceptors (Lipinski definition) is 4. The van der Waals surface area contributed by atoms with E-state index in [4.69, 9.17) is 4.42 Å². The molecule has 6 heteroatoms. The van der Waals surface area contributed by atoms with Crippen molar-refractivity contribution in [2.45, 2.75) is 24.6 Å². The Hall–Kier alpha value is -3.09. The van der Waals surface area contributed by atoms with Crippen molar-refractivity contribution >= 4 is 6.03 Å². The van der Waals surface area contributed by atoms with Gasteiger partial charge in [0.1, 0.15) is 0 Å². The molecule has 1 saturated heterocycles. The Kier molecular flexibility index (Phi) is 6.16. The van der Waals surface area contributed by atoms with Gasteiger partial charge in [-0.25, -0.2) is 4.79 Å². The zero-order valence-electron chi connectivity index (χ0n) is 16.8. The molecule has 2 amide bonds. The molecule has 3 aromatic rings. The number of carbonyl (C=O) groups is 1. The van der Waals surface area contributed by atoms with Crippen LogP contribution in [-0.2, 0) is 6.54 Å². The summed E-state index contributed by atoms with van der Waals surface area (Å²) in [7, 11) is 0. The smallest absolute Gasteiger partial charge is 0.315 e. The van der Waals surface area contributed by atoms with Crippen molar-refractivity contribution in [3.05, 3.63) is 95.9 Å². The fourth-order valence-corrected chi connectivity index (χ4v) is 3.93. The largest absolute Gasteiger partial charge is 0.472 e. The lowest BCUT2D eigenvalue weighted by Gasteiger charge is -2.25. The number of carbonyl (C=O) groups excluding carboxylic acids is 1. The number of nitrogens with one attached hydrogen (secondary N) is 2. The van der Waals surface area contributed by atoms with Crippen LogP contribution in [0, 0.1) is 0 Å². The molecular formula is C24H27N3O3. The van der Waals surface area contributed by atoms with E-state index in [-0.39, 0.29) is 18.6 Å². The molecule has 4 rings (SSSR count). The number of furan rings is 1. The van der Waals surface area contributed by atoms with Crippen molar-refractivity contribution in [3.63, 3.8) is 0 Å². The number of hydrogen-bond donors (Lipinski definition) is 3. The summed E-state index contributed by atoms with van der Waals surface area (Å²) < 4.78 is 5.20. The highest BCUT2D eigenvalue weighted by atomic mass is 16.3. The molecule has 6 nitrogen and oxygen atoms in total. The van der Waals surface area contributed by atoms with Gasteiger partial charge in [-0.3, -0.25) is 4.90 Å². The Morgan fingerprint density at radius 2 is 1.80 bits per heavy atom. The monoisotopic (exact) mass is 405 g/mol. The number of benzene rings is 2. The second-order valence-corrected chi connectivity index (χ2v) is 7.90. The number of nitrogens with zero attached hydrogens (tertiary/aromatic N) is 1. The van der Waals surface area contributed by atoms with E-state index < -0.39 is 5.60 Å². The number of amides is 2. The number of rotatable bonds is 7. The van der Waals surface area contributed by atoms with Crippen LogP contribution in [0.1, 0.15) is 29.2 Å². The molecule has 156 valence electrons. The van der Waals surface area contributed by atoms with E-state index in [0.717, 1.165) is 24.2 Å². The molecule has 1 aromatic heterocycles. The van der Waals surface area contributed by atoms with Crippen LogP contribution in [-0.4, -0.2) is 41.3 Å². The standard InChI is InChI=1S/C24H27N3O3/c28-23(26-22(21-11-14-30-16-21)20-9-5-2-6-10-20)25-17-24(29)12-13-27(18-24)15-19-7-3-1-4-8-19/h1-11,14,16,22,29H,12-13,15,17-18H2,(H2,25,26,28). The average molecular weight is 405 g/mol. The van der Waals surface area contributed by atoms with Crippen LogP contribution < -0.4 is 10.6 Å². The maximum Gasteiger partial charge on any atom is 0.315 e. The van der Waals surface area contributed by atoms with Crippen LogP contribution in [0.2, 0.25) is 0 Å². The summed E-state index contributed by atoms with van der Waals surface area (Å²) in [6.45, 7) is 2.34. The van der Waals surface area contributed by atoms with Gasteiger partial charge in [0.15, 0.2) is 0 Å². The first-order valence-corrected chi connectivity index (χ1v) is 10.2. The Bertz CT molecular complexity index is 931. The van der Waals surface area contributed by atoms with Crippen molar-refractivity contribution in [2.75, 3.05) is 19.6 Å².